The third-order valence-electron chi connectivity index (χ3n) is 2.12. The molecular weight excluding hydrogens is 198 g/mol. The Kier molecular flexibility index (Phi) is 2.00. The molecule has 1 aromatic rings. The van der Waals surface area contributed by atoms with Crippen LogP contribution < -0.4 is 5.73 Å². The fourth-order valence-corrected chi connectivity index (χ4v) is 1.54. The van der Waals surface area contributed by atoms with E-state index in [2.05, 4.69) is 4.74 Å². The molecule has 1 heterocycles. The molecule has 0 aromatic heterocycles. The topological polar surface area (TPSA) is 86.5 Å². The summed E-state index contributed by atoms with van der Waals surface area (Å²) in [5.74, 6) is -1.95. The number of rotatable bonds is 2. The van der Waals surface area contributed by atoms with Crippen molar-refractivity contribution in [3.8, 4) is 0 Å². The largest absolute Gasteiger partial charge is 0.386 e. The average Bonchev–Trinajstić information content (AvgIpc) is 2.43. The molecule has 0 saturated carbocycles. The number of fused-ring (bicyclic) bond motifs is 1. The van der Waals surface area contributed by atoms with Gasteiger partial charge in [0.05, 0.1) is 17.5 Å². The average molecular weight is 205 g/mol. The zero-order chi connectivity index (χ0) is 11.0. The minimum Gasteiger partial charge on any atom is -0.386 e. The van der Waals surface area contributed by atoms with Crippen LogP contribution in [-0.4, -0.2) is 17.8 Å². The highest BCUT2D eigenvalue weighted by molar-refractivity contribution is 6.15. The number of ether oxygens (including phenoxy) is 1. The maximum Gasteiger partial charge on any atom is 0.347 e. The van der Waals surface area contributed by atoms with Gasteiger partial charge < -0.3 is 10.5 Å². The van der Waals surface area contributed by atoms with Crippen LogP contribution >= 0.6 is 0 Å². The molecule has 0 unspecified atom stereocenters. The Labute approximate surface area is 84.8 Å². The molecule has 0 radical (unpaired) electrons. The van der Waals surface area contributed by atoms with Crippen LogP contribution in [0.2, 0.25) is 0 Å². The summed E-state index contributed by atoms with van der Waals surface area (Å²) in [6.45, 7) is 0. The number of hydrogen-bond donors (Lipinski definition) is 1. The molecule has 1 aliphatic heterocycles. The van der Waals surface area contributed by atoms with Crippen molar-refractivity contribution in [3.05, 3.63) is 34.9 Å². The van der Waals surface area contributed by atoms with E-state index in [0.717, 1.165) is 0 Å². The standard InChI is InChI=1S/C10H7NO4/c11-7(12)4-5-2-1-3-6-8(5)10(14)15-9(6)13/h1-3H,4H2,(H2,11,12). The molecule has 0 spiro atoms. The Balaban J connectivity index is 2.55. The summed E-state index contributed by atoms with van der Waals surface area (Å²) in [4.78, 5) is 33.2. The molecule has 0 saturated heterocycles. The van der Waals surface area contributed by atoms with Crippen molar-refractivity contribution < 1.29 is 19.1 Å². The summed E-state index contributed by atoms with van der Waals surface area (Å²) in [7, 11) is 0. The van der Waals surface area contributed by atoms with Crippen LogP contribution in [0.3, 0.4) is 0 Å². The fraction of sp³-hybridized carbons (Fsp3) is 0.100. The maximum atomic E-state index is 11.3. The van der Waals surface area contributed by atoms with E-state index in [1.807, 2.05) is 0 Å². The lowest BCUT2D eigenvalue weighted by Gasteiger charge is -2.00. The van der Waals surface area contributed by atoms with Gasteiger partial charge in [-0.1, -0.05) is 12.1 Å². The number of benzene rings is 1. The first-order chi connectivity index (χ1) is 7.09. The SMILES string of the molecule is NC(=O)Cc1cccc2c1C(=O)OC2=O. The number of esters is 2. The van der Waals surface area contributed by atoms with Crippen molar-refractivity contribution in [2.75, 3.05) is 0 Å². The molecule has 1 aliphatic rings. The van der Waals surface area contributed by atoms with Crippen molar-refractivity contribution in [2.24, 2.45) is 5.73 Å². The summed E-state index contributed by atoms with van der Waals surface area (Å²) < 4.78 is 4.42. The molecule has 2 rings (SSSR count). The van der Waals surface area contributed by atoms with Gasteiger partial charge in [-0.3, -0.25) is 4.79 Å². The van der Waals surface area contributed by atoms with Gasteiger partial charge in [0.2, 0.25) is 5.91 Å². The van der Waals surface area contributed by atoms with Gasteiger partial charge in [-0.15, -0.1) is 0 Å². The van der Waals surface area contributed by atoms with E-state index in [-0.39, 0.29) is 17.5 Å². The third kappa shape index (κ3) is 1.48. The molecule has 5 nitrogen and oxygen atoms in total. The van der Waals surface area contributed by atoms with E-state index in [9.17, 15) is 14.4 Å². The molecular formula is C10H7NO4. The molecule has 0 atom stereocenters. The van der Waals surface area contributed by atoms with Gasteiger partial charge in [0.1, 0.15) is 0 Å². The molecule has 1 aromatic carbocycles. The molecule has 5 heteroatoms. The number of amides is 1. The minimum absolute atomic E-state index is 0.0778. The number of hydrogen-bond acceptors (Lipinski definition) is 4. The second kappa shape index (κ2) is 3.20. The van der Waals surface area contributed by atoms with Gasteiger partial charge in [-0.05, 0) is 11.6 Å². The number of nitrogens with two attached hydrogens (primary N) is 1. The van der Waals surface area contributed by atoms with Gasteiger partial charge in [-0.2, -0.15) is 0 Å². The van der Waals surface area contributed by atoms with Crippen LogP contribution in [0.1, 0.15) is 26.3 Å². The van der Waals surface area contributed by atoms with Gasteiger partial charge in [0.25, 0.3) is 0 Å². The van der Waals surface area contributed by atoms with Gasteiger partial charge in [-0.25, -0.2) is 9.59 Å². The van der Waals surface area contributed by atoms with Crippen LogP contribution in [0.5, 0.6) is 0 Å². The lowest BCUT2D eigenvalue weighted by atomic mass is 10.0. The van der Waals surface area contributed by atoms with E-state index in [1.165, 1.54) is 6.07 Å². The Morgan fingerprint density at radius 2 is 2.00 bits per heavy atom. The summed E-state index contributed by atoms with van der Waals surface area (Å²) in [6.07, 6.45) is -0.0778. The summed E-state index contributed by atoms with van der Waals surface area (Å²) in [5, 5.41) is 0. The van der Waals surface area contributed by atoms with Crippen LogP contribution in [0.25, 0.3) is 0 Å². The minimum atomic E-state index is -0.716. The molecule has 0 fully saturated rings. The monoisotopic (exact) mass is 205 g/mol. The van der Waals surface area contributed by atoms with E-state index in [4.69, 9.17) is 5.73 Å². The number of carbonyl (C=O) groups is 3. The number of carbonyl (C=O) groups excluding carboxylic acids is 3. The first kappa shape index (κ1) is 9.39. The number of primary amides is 1. The van der Waals surface area contributed by atoms with E-state index >= 15 is 0 Å². The highest BCUT2D eigenvalue weighted by Gasteiger charge is 2.31. The highest BCUT2D eigenvalue weighted by Crippen LogP contribution is 2.23. The van der Waals surface area contributed by atoms with Crippen LogP contribution in [0.4, 0.5) is 0 Å². The molecule has 76 valence electrons. The highest BCUT2D eigenvalue weighted by atomic mass is 16.6. The van der Waals surface area contributed by atoms with Crippen molar-refractivity contribution in [1.29, 1.82) is 0 Å². The molecule has 1 amide bonds. The molecule has 15 heavy (non-hydrogen) atoms. The van der Waals surface area contributed by atoms with E-state index in [1.54, 1.807) is 12.1 Å². The lowest BCUT2D eigenvalue weighted by Crippen LogP contribution is -2.15. The predicted molar refractivity (Wildman–Crippen MR) is 49.1 cm³/mol. The van der Waals surface area contributed by atoms with Gasteiger partial charge in [0.15, 0.2) is 0 Å². The van der Waals surface area contributed by atoms with E-state index < -0.39 is 17.8 Å². The van der Waals surface area contributed by atoms with Gasteiger partial charge >= 0.3 is 11.9 Å². The normalized spacial score (nSPS) is 13.6. The smallest absolute Gasteiger partial charge is 0.347 e. The maximum absolute atomic E-state index is 11.3. The summed E-state index contributed by atoms with van der Waals surface area (Å²) >= 11 is 0. The fourth-order valence-electron chi connectivity index (χ4n) is 1.54. The van der Waals surface area contributed by atoms with Crippen molar-refractivity contribution in [1.82, 2.24) is 0 Å². The Morgan fingerprint density at radius 3 is 2.67 bits per heavy atom. The second-order valence-electron chi connectivity index (χ2n) is 3.16. The van der Waals surface area contributed by atoms with Crippen LogP contribution in [0, 0.1) is 0 Å². The first-order valence-electron chi connectivity index (χ1n) is 4.26. The zero-order valence-electron chi connectivity index (χ0n) is 7.65. The summed E-state index contributed by atoms with van der Waals surface area (Å²) in [5.41, 5.74) is 5.80. The Hall–Kier alpha value is -2.17. The number of cyclic esters (lactones) is 2. The first-order valence-corrected chi connectivity index (χ1v) is 4.26. The predicted octanol–water partition coefficient (Wildman–Crippen LogP) is 0.0250. The third-order valence-corrected chi connectivity index (χ3v) is 2.12. The summed E-state index contributed by atoms with van der Waals surface area (Å²) in [6, 6.07) is 4.63. The van der Waals surface area contributed by atoms with Crippen molar-refractivity contribution in [3.63, 3.8) is 0 Å². The van der Waals surface area contributed by atoms with Crippen LogP contribution in [-0.2, 0) is 16.0 Å². The zero-order valence-corrected chi connectivity index (χ0v) is 7.65. The molecule has 2 N–H and O–H groups in total. The molecule has 0 bridgehead atoms. The van der Waals surface area contributed by atoms with Crippen molar-refractivity contribution in [2.45, 2.75) is 6.42 Å². The van der Waals surface area contributed by atoms with Crippen LogP contribution in [0.15, 0.2) is 18.2 Å². The van der Waals surface area contributed by atoms with Crippen molar-refractivity contribution >= 4 is 17.8 Å². The quantitative estimate of drug-likeness (QED) is 0.544. The second-order valence-corrected chi connectivity index (χ2v) is 3.16. The molecule has 0 aliphatic carbocycles. The Bertz CT molecular complexity index is 478. The van der Waals surface area contributed by atoms with E-state index in [0.29, 0.717) is 5.56 Å². The lowest BCUT2D eigenvalue weighted by molar-refractivity contribution is -0.117. The Morgan fingerprint density at radius 1 is 1.27 bits per heavy atom. The van der Waals surface area contributed by atoms with Gasteiger partial charge in [0, 0.05) is 0 Å².